The molecule has 0 atom stereocenters. The summed E-state index contributed by atoms with van der Waals surface area (Å²) in [6.07, 6.45) is 0. The van der Waals surface area contributed by atoms with E-state index in [9.17, 15) is 0 Å². The number of hydrogen-bond donors (Lipinski definition) is 0. The summed E-state index contributed by atoms with van der Waals surface area (Å²) in [5.74, 6) is 3.28. The van der Waals surface area contributed by atoms with Crippen molar-refractivity contribution in [2.24, 2.45) is 0 Å². The summed E-state index contributed by atoms with van der Waals surface area (Å²) in [6.45, 7) is -0.153. The minimum absolute atomic E-state index is 0.153. The lowest BCUT2D eigenvalue weighted by Gasteiger charge is -2.45. The predicted octanol–water partition coefficient (Wildman–Crippen LogP) is 10.4. The number of hydrogen-bond acceptors (Lipinski definition) is 4. The zero-order valence-electron chi connectivity index (χ0n) is 43.1. The van der Waals surface area contributed by atoms with Crippen LogP contribution >= 0.6 is 0 Å². The van der Waals surface area contributed by atoms with Crippen molar-refractivity contribution in [2.75, 3.05) is 9.80 Å². The molecule has 0 aliphatic carbocycles. The van der Waals surface area contributed by atoms with E-state index in [2.05, 4.69) is 307 Å². The van der Waals surface area contributed by atoms with Gasteiger partial charge in [0.05, 0.1) is 0 Å². The van der Waals surface area contributed by atoms with Crippen LogP contribution in [0.25, 0.3) is 11.1 Å². The number of anilines is 6. The van der Waals surface area contributed by atoms with Gasteiger partial charge in [-0.15, -0.1) is 0 Å². The van der Waals surface area contributed by atoms with Crippen LogP contribution in [0, 0.1) is 0 Å². The number of benzene rings is 12. The topological polar surface area (TPSA) is 24.9 Å². The maximum Gasteiger partial charge on any atom is 0.260 e. The molecule has 0 bridgehead atoms. The fourth-order valence-electron chi connectivity index (χ4n) is 13.9. The minimum atomic E-state index is -2.80. The van der Waals surface area contributed by atoms with E-state index in [-0.39, 0.29) is 6.71 Å². The van der Waals surface area contributed by atoms with Crippen LogP contribution in [0.1, 0.15) is 0 Å². The Morgan fingerprint density at radius 1 is 0.266 bits per heavy atom. The normalized spacial score (nSPS) is 14.4. The summed E-state index contributed by atoms with van der Waals surface area (Å²) in [5.41, 5.74) is 12.2. The van der Waals surface area contributed by atoms with Gasteiger partial charge in [0, 0.05) is 51.7 Å². The van der Waals surface area contributed by atoms with Crippen molar-refractivity contribution >= 4 is 115 Å². The van der Waals surface area contributed by atoms with Gasteiger partial charge in [0.15, 0.2) is 16.1 Å². The van der Waals surface area contributed by atoms with Crippen molar-refractivity contribution in [3.63, 3.8) is 0 Å². The molecule has 4 aliphatic rings. The summed E-state index contributed by atoms with van der Waals surface area (Å²) < 4.78 is 14.6. The number of ether oxygens (including phenoxy) is 2. The molecular formula is C72H49BN2O2Si2. The molecule has 16 rings (SSSR count). The number of nitrogens with zero attached hydrogens (tertiary/aromatic N) is 2. The third kappa shape index (κ3) is 6.67. The first-order valence-corrected chi connectivity index (χ1v) is 31.3. The van der Waals surface area contributed by atoms with Crippen LogP contribution in [-0.2, 0) is 0 Å². The quantitative estimate of drug-likeness (QED) is 0.149. The molecule has 0 N–H and O–H groups in total. The molecule has 12 aromatic carbocycles. The van der Waals surface area contributed by atoms with E-state index in [4.69, 9.17) is 9.47 Å². The van der Waals surface area contributed by atoms with Gasteiger partial charge in [-0.3, -0.25) is 0 Å². The smallest absolute Gasteiger partial charge is 0.260 e. The van der Waals surface area contributed by atoms with E-state index in [0.717, 1.165) is 61.9 Å². The molecule has 0 saturated carbocycles. The number of rotatable bonds is 7. The Kier molecular flexibility index (Phi) is 10.4. The molecular weight excluding hydrogens is 992 g/mol. The van der Waals surface area contributed by atoms with Crippen molar-refractivity contribution in [1.82, 2.24) is 0 Å². The Morgan fingerprint density at radius 3 is 0.911 bits per heavy atom. The molecule has 370 valence electrons. The highest BCUT2D eigenvalue weighted by Gasteiger charge is 2.51. The van der Waals surface area contributed by atoms with Crippen LogP contribution in [0.3, 0.4) is 0 Å². The van der Waals surface area contributed by atoms with E-state index in [1.165, 1.54) is 64.2 Å². The van der Waals surface area contributed by atoms with Gasteiger partial charge in [0.1, 0.15) is 23.0 Å². The first kappa shape index (κ1) is 45.5. The molecule has 0 aromatic heterocycles. The second kappa shape index (κ2) is 18.0. The third-order valence-corrected chi connectivity index (χ3v) is 26.8. The number of para-hydroxylation sites is 4. The molecule has 0 unspecified atom stereocenters. The van der Waals surface area contributed by atoms with Crippen LogP contribution in [-0.4, -0.2) is 22.9 Å². The largest absolute Gasteiger partial charge is 0.458 e. The second-order valence-corrected chi connectivity index (χ2v) is 28.5. The minimum Gasteiger partial charge on any atom is -0.458 e. The molecule has 0 spiro atoms. The molecule has 4 aliphatic heterocycles. The van der Waals surface area contributed by atoms with E-state index >= 15 is 0 Å². The Hall–Kier alpha value is -9.66. The fraction of sp³-hybridized carbons (Fsp3) is 0. The Balaban J connectivity index is 0.870. The summed E-state index contributed by atoms with van der Waals surface area (Å²) in [4.78, 5) is 4.94. The Labute approximate surface area is 462 Å². The van der Waals surface area contributed by atoms with E-state index in [1.807, 2.05) is 0 Å². The average Bonchev–Trinajstić information content (AvgIpc) is 3.70. The molecule has 7 heteroatoms. The fourth-order valence-corrected chi connectivity index (χ4v) is 24.1. The van der Waals surface area contributed by atoms with Gasteiger partial charge in [0.2, 0.25) is 0 Å². The number of fused-ring (bicyclic) bond motifs is 8. The van der Waals surface area contributed by atoms with Crippen molar-refractivity contribution in [1.29, 1.82) is 0 Å². The Bertz CT molecular complexity index is 3920. The highest BCUT2D eigenvalue weighted by Crippen LogP contribution is 2.45. The second-order valence-electron chi connectivity index (χ2n) is 21.0. The molecule has 0 fully saturated rings. The summed E-state index contributed by atoms with van der Waals surface area (Å²) in [6, 6.07) is 110. The highest BCUT2D eigenvalue weighted by molar-refractivity contribution is 7.22. The standard InChI is InChI=1S/C72H49BN2O2Si2/c1-6-24-50(25-7-1)51-46-66-72-67(47-51)77-65-49-53(75-62-36-18-22-40-70(62)79(56-30-12-4-13-31-56,57-32-14-5-15-33-57)71-41-23-19-37-63(71)75)43-45-59(65)73(72)58-44-42-52(48-64(58)76-66)74-60-34-16-20-38-68(60)78(54-26-8-2-9-27-54,55-28-10-3-11-29-55)69-39-21-17-35-61(69)74/h1-49H. The van der Waals surface area contributed by atoms with Gasteiger partial charge in [0.25, 0.3) is 6.71 Å². The van der Waals surface area contributed by atoms with E-state index < -0.39 is 16.1 Å². The van der Waals surface area contributed by atoms with Gasteiger partial charge in [-0.05, 0) is 112 Å². The molecule has 12 aromatic rings. The van der Waals surface area contributed by atoms with Crippen LogP contribution in [0.5, 0.6) is 23.0 Å². The van der Waals surface area contributed by atoms with E-state index in [1.54, 1.807) is 0 Å². The van der Waals surface area contributed by atoms with Crippen molar-refractivity contribution < 1.29 is 9.47 Å². The van der Waals surface area contributed by atoms with Crippen LogP contribution < -0.4 is 77.2 Å². The van der Waals surface area contributed by atoms with Gasteiger partial charge in [-0.25, -0.2) is 0 Å². The third-order valence-electron chi connectivity index (χ3n) is 17.1. The van der Waals surface area contributed by atoms with E-state index in [0.29, 0.717) is 0 Å². The molecule has 0 saturated heterocycles. The first-order chi connectivity index (χ1) is 39.2. The molecule has 0 amide bonds. The zero-order chi connectivity index (χ0) is 52.1. The zero-order valence-corrected chi connectivity index (χ0v) is 45.1. The van der Waals surface area contributed by atoms with Crippen LogP contribution in [0.4, 0.5) is 34.1 Å². The lowest BCUT2D eigenvalue weighted by Crippen LogP contribution is -2.77. The molecule has 4 nitrogen and oxygen atoms in total. The maximum atomic E-state index is 7.28. The van der Waals surface area contributed by atoms with Crippen molar-refractivity contribution in [3.8, 4) is 34.1 Å². The average molecular weight is 1040 g/mol. The van der Waals surface area contributed by atoms with Crippen LogP contribution in [0.15, 0.2) is 297 Å². The van der Waals surface area contributed by atoms with Gasteiger partial charge >= 0.3 is 0 Å². The van der Waals surface area contributed by atoms with Gasteiger partial charge in [-0.2, -0.15) is 0 Å². The lowest BCUT2D eigenvalue weighted by molar-refractivity contribution is 0.465. The molecule has 79 heavy (non-hydrogen) atoms. The summed E-state index contributed by atoms with van der Waals surface area (Å²) in [7, 11) is -5.61. The Morgan fingerprint density at radius 2 is 0.570 bits per heavy atom. The van der Waals surface area contributed by atoms with Gasteiger partial charge in [-0.1, -0.05) is 237 Å². The maximum absolute atomic E-state index is 7.28. The van der Waals surface area contributed by atoms with Gasteiger partial charge < -0.3 is 19.3 Å². The monoisotopic (exact) mass is 1040 g/mol. The molecule has 4 heterocycles. The lowest BCUT2D eigenvalue weighted by atomic mass is 9.35. The van der Waals surface area contributed by atoms with Crippen LogP contribution in [0.2, 0.25) is 0 Å². The SMILES string of the molecule is c1ccc(-c2cc3c4c(c2)Oc2cc(N5c6ccccc6[Si](c6ccccc6)(c6ccccc6)c6ccccc65)ccc2B4c2ccc(N4c5ccccc5[Si](c5ccccc5)(c5ccccc5)c5ccccc54)cc2O3)cc1. The summed E-state index contributed by atoms with van der Waals surface area (Å²) in [5, 5.41) is 10.9. The van der Waals surface area contributed by atoms with Crippen molar-refractivity contribution in [3.05, 3.63) is 297 Å². The predicted molar refractivity (Wildman–Crippen MR) is 333 cm³/mol. The summed E-state index contributed by atoms with van der Waals surface area (Å²) >= 11 is 0. The molecule has 0 radical (unpaired) electrons. The first-order valence-electron chi connectivity index (χ1n) is 27.3. The van der Waals surface area contributed by atoms with Crippen molar-refractivity contribution in [2.45, 2.75) is 0 Å². The highest BCUT2D eigenvalue weighted by atomic mass is 28.3.